The number of hydrogen-bond donors (Lipinski definition) is 2. The summed E-state index contributed by atoms with van der Waals surface area (Å²) in [5.74, 6) is -2.50. The second-order valence-electron chi connectivity index (χ2n) is 11.0. The van der Waals surface area contributed by atoms with Crippen LogP contribution >= 0.6 is 0 Å². The highest BCUT2D eigenvalue weighted by atomic mass is 16.7. The third-order valence-corrected chi connectivity index (χ3v) is 8.21. The molecule has 0 radical (unpaired) electrons. The first-order chi connectivity index (χ1) is 18.2. The molecule has 3 saturated heterocycles. The monoisotopic (exact) mass is 521 g/mol. The molecule has 5 rings (SSSR count). The predicted octanol–water partition coefficient (Wildman–Crippen LogP) is 0.918. The van der Waals surface area contributed by atoms with Gasteiger partial charge in [-0.05, 0) is 17.9 Å². The second kappa shape index (κ2) is 9.82. The number of quaternary nitrogens is 1. The molecule has 3 fully saturated rings. The molecule has 0 bridgehead atoms. The Balaban J connectivity index is 1.45. The van der Waals surface area contributed by atoms with Crippen molar-refractivity contribution in [2.75, 3.05) is 7.05 Å². The summed E-state index contributed by atoms with van der Waals surface area (Å²) in [5, 5.41) is 5.81. The largest absolute Gasteiger partial charge is 0.605 e. The van der Waals surface area contributed by atoms with Gasteiger partial charge in [-0.2, -0.15) is 0 Å². The molecule has 2 unspecified atom stereocenters. The molecule has 2 aromatic rings. The number of carbonyl (C=O) groups excluding carboxylic acids is 4. The molecule has 12 heteroatoms. The van der Waals surface area contributed by atoms with E-state index in [-0.39, 0.29) is 22.4 Å². The zero-order chi connectivity index (χ0) is 27.1. The molecular formula is C26H32BN5O6. The van der Waals surface area contributed by atoms with E-state index in [1.54, 1.807) is 0 Å². The van der Waals surface area contributed by atoms with Gasteiger partial charge >= 0.3 is 18.6 Å². The van der Waals surface area contributed by atoms with Crippen LogP contribution in [0.1, 0.15) is 49.2 Å². The minimum atomic E-state index is -2.55. The maximum atomic E-state index is 13.9. The molecule has 3 aliphatic heterocycles. The molecule has 38 heavy (non-hydrogen) atoms. The lowest BCUT2D eigenvalue weighted by Gasteiger charge is -2.47. The van der Waals surface area contributed by atoms with Crippen LogP contribution in [-0.4, -0.2) is 75.9 Å². The standard InChI is InChI=1S/C26H32BN5O6/c1-16(2)13-22(27-32(3)20(25(35)37-27)9-10-21(32)26(36)38-27)31-23(33)18(14-17-7-5-4-6-8-17)30-24(34)19-15-28-11-12-29-19/h4-8,11-12,15-16,18,20-22H,9-10,13-14H2,1-3H3,(H,30,34)(H,31,33)/t18-,20-,21+,22-,27?,32?/m0/s1. The van der Waals surface area contributed by atoms with Gasteiger partial charge in [0.05, 0.1) is 12.1 Å². The van der Waals surface area contributed by atoms with Crippen LogP contribution in [0.15, 0.2) is 48.9 Å². The van der Waals surface area contributed by atoms with Crippen LogP contribution in [0.2, 0.25) is 0 Å². The molecule has 1 aromatic heterocycles. The van der Waals surface area contributed by atoms with Crippen LogP contribution in [0.5, 0.6) is 0 Å². The molecule has 11 nitrogen and oxygen atoms in total. The number of carbonyl (C=O) groups is 4. The van der Waals surface area contributed by atoms with Crippen LogP contribution in [0.3, 0.4) is 0 Å². The van der Waals surface area contributed by atoms with Gasteiger partial charge in [0.25, 0.3) is 5.91 Å². The van der Waals surface area contributed by atoms with Gasteiger partial charge in [-0.1, -0.05) is 44.2 Å². The number of rotatable bonds is 9. The van der Waals surface area contributed by atoms with Crippen LogP contribution in [0.25, 0.3) is 0 Å². The summed E-state index contributed by atoms with van der Waals surface area (Å²) in [4.78, 5) is 60.6. The van der Waals surface area contributed by atoms with Crippen molar-refractivity contribution in [1.82, 2.24) is 20.6 Å². The SMILES string of the molecule is CC(C)C[C@H](NC(=O)[C@H](Cc1ccccc1)NC(=O)c1cnccn1)[B-]12OC(=O)[C@H]3CC[C@@H](C(=O)O1)[N+]32C. The van der Waals surface area contributed by atoms with E-state index in [2.05, 4.69) is 20.6 Å². The molecule has 1 aromatic carbocycles. The quantitative estimate of drug-likeness (QED) is 0.465. The maximum Gasteiger partial charge on any atom is 0.605 e. The highest BCUT2D eigenvalue weighted by Crippen LogP contribution is 2.51. The number of amides is 2. The second-order valence-corrected chi connectivity index (χ2v) is 11.0. The molecule has 2 N–H and O–H groups in total. The molecule has 3 aliphatic rings. The van der Waals surface area contributed by atoms with Crippen molar-refractivity contribution in [3.63, 3.8) is 0 Å². The van der Waals surface area contributed by atoms with Crippen molar-refractivity contribution in [2.45, 2.75) is 63.6 Å². The van der Waals surface area contributed by atoms with Crippen LogP contribution in [-0.2, 0) is 30.1 Å². The average Bonchev–Trinajstić information content (AvgIpc) is 3.45. The van der Waals surface area contributed by atoms with Gasteiger partial charge in [0.2, 0.25) is 5.91 Å². The summed E-state index contributed by atoms with van der Waals surface area (Å²) >= 11 is 0. The van der Waals surface area contributed by atoms with Crippen molar-refractivity contribution in [1.29, 1.82) is 0 Å². The first-order valence-electron chi connectivity index (χ1n) is 13.0. The van der Waals surface area contributed by atoms with Gasteiger partial charge in [-0.15, -0.1) is 0 Å². The summed E-state index contributed by atoms with van der Waals surface area (Å²) in [6.07, 6.45) is 5.87. The zero-order valence-electron chi connectivity index (χ0n) is 21.7. The molecular weight excluding hydrogens is 489 g/mol. The highest BCUT2D eigenvalue weighted by molar-refractivity contribution is 6.68. The predicted molar refractivity (Wildman–Crippen MR) is 136 cm³/mol. The Morgan fingerprint density at radius 1 is 1.05 bits per heavy atom. The van der Waals surface area contributed by atoms with E-state index in [1.807, 2.05) is 51.2 Å². The fourth-order valence-corrected chi connectivity index (χ4v) is 6.41. The number of aromatic nitrogens is 2. The molecule has 200 valence electrons. The van der Waals surface area contributed by atoms with Gasteiger partial charge < -0.3 is 24.3 Å². The van der Waals surface area contributed by atoms with Crippen molar-refractivity contribution in [3.8, 4) is 0 Å². The molecule has 6 atom stereocenters. The van der Waals surface area contributed by atoms with Crippen molar-refractivity contribution >= 4 is 30.4 Å². The molecule has 0 spiro atoms. The Morgan fingerprint density at radius 3 is 2.29 bits per heavy atom. The van der Waals surface area contributed by atoms with E-state index in [0.717, 1.165) is 5.56 Å². The summed E-state index contributed by atoms with van der Waals surface area (Å²) < 4.78 is 11.9. The van der Waals surface area contributed by atoms with Crippen LogP contribution < -0.4 is 10.6 Å². The van der Waals surface area contributed by atoms with E-state index >= 15 is 0 Å². The highest BCUT2D eigenvalue weighted by Gasteiger charge is 2.78. The van der Waals surface area contributed by atoms with Gasteiger partial charge in [-0.3, -0.25) is 14.6 Å². The third-order valence-electron chi connectivity index (χ3n) is 8.21. The zero-order valence-corrected chi connectivity index (χ0v) is 21.7. The molecule has 2 amide bonds. The number of nitrogens with zero attached hydrogens (tertiary/aromatic N) is 3. The third kappa shape index (κ3) is 4.22. The topological polar surface area (TPSA) is 137 Å². The number of nitrogens with one attached hydrogen (secondary N) is 2. The summed E-state index contributed by atoms with van der Waals surface area (Å²) in [5.41, 5.74) is 0.921. The van der Waals surface area contributed by atoms with Gasteiger partial charge in [-0.25, -0.2) is 14.6 Å². The lowest BCUT2D eigenvalue weighted by atomic mass is 9.57. The smallest absolute Gasteiger partial charge is 0.599 e. The number of benzene rings is 1. The van der Waals surface area contributed by atoms with Gasteiger partial charge in [0, 0.05) is 38.7 Å². The molecule has 4 heterocycles. The number of hydrogen-bond acceptors (Lipinski definition) is 8. The minimum absolute atomic E-state index is 0.0324. The Bertz CT molecular complexity index is 1220. The van der Waals surface area contributed by atoms with Gasteiger partial charge in [0.15, 0.2) is 0 Å². The van der Waals surface area contributed by atoms with E-state index in [0.29, 0.717) is 19.3 Å². The summed E-state index contributed by atoms with van der Waals surface area (Å²) in [6.45, 7) is 1.41. The van der Waals surface area contributed by atoms with Crippen molar-refractivity contribution in [2.24, 2.45) is 5.92 Å². The lowest BCUT2D eigenvalue weighted by Crippen LogP contribution is -2.74. The lowest BCUT2D eigenvalue weighted by molar-refractivity contribution is -0.829. The summed E-state index contributed by atoms with van der Waals surface area (Å²) in [7, 11) is 1.83. The average molecular weight is 521 g/mol. The van der Waals surface area contributed by atoms with E-state index in [9.17, 15) is 19.2 Å². The summed E-state index contributed by atoms with van der Waals surface area (Å²) in [6, 6.07) is 7.33. The number of likely N-dealkylation sites (N-methyl/N-ethyl adjacent to an activating group) is 1. The van der Waals surface area contributed by atoms with Gasteiger partial charge in [0.1, 0.15) is 23.8 Å². The first kappa shape index (κ1) is 25.8. The Hall–Kier alpha value is -3.80. The Morgan fingerprint density at radius 2 is 1.71 bits per heavy atom. The fraction of sp³-hybridized carbons (Fsp3) is 0.462. The Labute approximate surface area is 220 Å². The normalized spacial score (nSPS) is 28.8. The minimum Gasteiger partial charge on any atom is -0.599 e. The molecule has 0 saturated carbocycles. The fourth-order valence-electron chi connectivity index (χ4n) is 6.41. The van der Waals surface area contributed by atoms with Crippen LogP contribution in [0.4, 0.5) is 0 Å². The first-order valence-corrected chi connectivity index (χ1v) is 13.0. The Kier molecular flexibility index (Phi) is 6.68. The van der Waals surface area contributed by atoms with E-state index in [4.69, 9.17) is 9.31 Å². The molecule has 0 aliphatic carbocycles. The van der Waals surface area contributed by atoms with Crippen molar-refractivity contribution in [3.05, 3.63) is 60.2 Å². The van der Waals surface area contributed by atoms with Crippen molar-refractivity contribution < 1.29 is 32.9 Å². The van der Waals surface area contributed by atoms with Crippen LogP contribution in [0, 0.1) is 5.92 Å². The van der Waals surface area contributed by atoms with E-state index in [1.165, 1.54) is 18.6 Å². The van der Waals surface area contributed by atoms with E-state index < -0.39 is 54.5 Å². The maximum absolute atomic E-state index is 13.9.